The predicted octanol–water partition coefficient (Wildman–Crippen LogP) is 3.72. The van der Waals surface area contributed by atoms with Gasteiger partial charge in [-0.25, -0.2) is 0 Å². The molecule has 0 radical (unpaired) electrons. The minimum atomic E-state index is -0.287. The molecular weight excluding hydrogens is 410 g/mol. The van der Waals surface area contributed by atoms with Gasteiger partial charge in [-0.3, -0.25) is 14.4 Å². The molecule has 2 aromatic carbocycles. The lowest BCUT2D eigenvalue weighted by Crippen LogP contribution is -2.42. The molecule has 32 heavy (non-hydrogen) atoms. The zero-order valence-electron chi connectivity index (χ0n) is 18.1. The predicted molar refractivity (Wildman–Crippen MR) is 121 cm³/mol. The Morgan fingerprint density at radius 1 is 1.09 bits per heavy atom. The number of carbonyl (C=O) groups is 3. The number of anilines is 3. The van der Waals surface area contributed by atoms with Crippen LogP contribution in [0.3, 0.4) is 0 Å². The SMILES string of the molecule is COc1ccc(NC(=O)CCC(=O)N2CC(=O)Nc3ccccc32)cc1OC1CCCC1. The van der Waals surface area contributed by atoms with Crippen molar-refractivity contribution in [2.45, 2.75) is 44.6 Å². The van der Waals surface area contributed by atoms with Crippen molar-refractivity contribution in [1.29, 1.82) is 0 Å². The maximum absolute atomic E-state index is 12.7. The van der Waals surface area contributed by atoms with E-state index in [0.29, 0.717) is 28.6 Å². The molecule has 1 heterocycles. The van der Waals surface area contributed by atoms with Crippen molar-refractivity contribution in [3.63, 3.8) is 0 Å². The zero-order chi connectivity index (χ0) is 22.5. The number of rotatable bonds is 7. The Hall–Kier alpha value is -3.55. The number of fused-ring (bicyclic) bond motifs is 1. The highest BCUT2D eigenvalue weighted by Crippen LogP contribution is 2.34. The highest BCUT2D eigenvalue weighted by Gasteiger charge is 2.26. The quantitative estimate of drug-likeness (QED) is 0.688. The third-order valence-corrected chi connectivity index (χ3v) is 5.68. The van der Waals surface area contributed by atoms with E-state index in [-0.39, 0.29) is 43.2 Å². The molecule has 0 bridgehead atoms. The second kappa shape index (κ2) is 9.72. The zero-order valence-corrected chi connectivity index (χ0v) is 18.1. The van der Waals surface area contributed by atoms with Crippen molar-refractivity contribution in [2.24, 2.45) is 0 Å². The third kappa shape index (κ3) is 5.01. The summed E-state index contributed by atoms with van der Waals surface area (Å²) in [6.45, 7) is -0.0577. The van der Waals surface area contributed by atoms with Crippen LogP contribution in [0.2, 0.25) is 0 Å². The summed E-state index contributed by atoms with van der Waals surface area (Å²) in [4.78, 5) is 38.6. The van der Waals surface area contributed by atoms with Gasteiger partial charge in [0, 0.05) is 24.6 Å². The van der Waals surface area contributed by atoms with Gasteiger partial charge in [-0.2, -0.15) is 0 Å². The van der Waals surface area contributed by atoms with Gasteiger partial charge in [0.1, 0.15) is 6.54 Å². The van der Waals surface area contributed by atoms with Crippen LogP contribution in [0.5, 0.6) is 11.5 Å². The topological polar surface area (TPSA) is 97.0 Å². The largest absolute Gasteiger partial charge is 0.493 e. The fourth-order valence-corrected chi connectivity index (χ4v) is 4.07. The molecule has 8 nitrogen and oxygen atoms in total. The number of methoxy groups -OCH3 is 1. The number of hydrogen-bond acceptors (Lipinski definition) is 5. The first-order chi connectivity index (χ1) is 15.5. The molecule has 0 spiro atoms. The normalized spacial score (nSPS) is 15.7. The van der Waals surface area contributed by atoms with Crippen molar-refractivity contribution in [3.05, 3.63) is 42.5 Å². The molecule has 8 heteroatoms. The highest BCUT2D eigenvalue weighted by molar-refractivity contribution is 6.10. The van der Waals surface area contributed by atoms with Crippen LogP contribution in [0.1, 0.15) is 38.5 Å². The summed E-state index contributed by atoms with van der Waals surface area (Å²) in [5.74, 6) is 0.401. The standard InChI is InChI=1S/C24H27N3O5/c1-31-20-11-10-16(14-21(20)32-17-6-2-3-7-17)25-22(28)12-13-24(30)27-15-23(29)26-18-8-4-5-9-19(18)27/h4-5,8-11,14,17H,2-3,6-7,12-13,15H2,1H3,(H,25,28)(H,26,29). The summed E-state index contributed by atoms with van der Waals surface area (Å²) in [6.07, 6.45) is 4.50. The smallest absolute Gasteiger partial charge is 0.244 e. The first kappa shape index (κ1) is 21.7. The Kier molecular flexibility index (Phi) is 6.58. The summed E-state index contributed by atoms with van der Waals surface area (Å²) in [6, 6.07) is 12.4. The Morgan fingerprint density at radius 2 is 1.88 bits per heavy atom. The molecule has 0 aromatic heterocycles. The number of nitrogens with zero attached hydrogens (tertiary/aromatic N) is 1. The van der Waals surface area contributed by atoms with Crippen molar-refractivity contribution in [1.82, 2.24) is 0 Å². The molecule has 3 amide bonds. The number of nitrogens with one attached hydrogen (secondary N) is 2. The Labute approximate surface area is 186 Å². The Balaban J connectivity index is 1.36. The van der Waals surface area contributed by atoms with Crippen LogP contribution in [-0.2, 0) is 14.4 Å². The summed E-state index contributed by atoms with van der Waals surface area (Å²) in [5, 5.41) is 5.57. The third-order valence-electron chi connectivity index (χ3n) is 5.68. The number of carbonyl (C=O) groups excluding carboxylic acids is 3. The van der Waals surface area contributed by atoms with Gasteiger partial charge in [-0.15, -0.1) is 0 Å². The average Bonchev–Trinajstić information content (AvgIpc) is 3.30. The van der Waals surface area contributed by atoms with Crippen molar-refractivity contribution in [3.8, 4) is 11.5 Å². The second-order valence-corrected chi connectivity index (χ2v) is 7.98. The van der Waals surface area contributed by atoms with Crippen molar-refractivity contribution >= 4 is 34.8 Å². The molecular formula is C24H27N3O5. The summed E-state index contributed by atoms with van der Waals surface area (Å²) in [5.41, 5.74) is 1.81. The summed E-state index contributed by atoms with van der Waals surface area (Å²) < 4.78 is 11.4. The van der Waals surface area contributed by atoms with Crippen molar-refractivity contribution in [2.75, 3.05) is 29.2 Å². The van der Waals surface area contributed by atoms with Crippen LogP contribution < -0.4 is 25.0 Å². The number of amides is 3. The van der Waals surface area contributed by atoms with Gasteiger partial charge in [0.05, 0.1) is 24.6 Å². The fourth-order valence-electron chi connectivity index (χ4n) is 4.07. The average molecular weight is 437 g/mol. The van der Waals surface area contributed by atoms with Gasteiger partial charge in [0.2, 0.25) is 17.7 Å². The molecule has 1 aliphatic carbocycles. The summed E-state index contributed by atoms with van der Waals surface area (Å²) in [7, 11) is 1.58. The number of para-hydroxylation sites is 2. The first-order valence-electron chi connectivity index (χ1n) is 10.9. The second-order valence-electron chi connectivity index (χ2n) is 7.98. The fraction of sp³-hybridized carbons (Fsp3) is 0.375. The van der Waals surface area contributed by atoms with Crippen LogP contribution in [0, 0.1) is 0 Å². The van der Waals surface area contributed by atoms with E-state index in [1.54, 1.807) is 49.6 Å². The molecule has 1 aliphatic heterocycles. The van der Waals surface area contributed by atoms with Crippen LogP contribution >= 0.6 is 0 Å². The van der Waals surface area contributed by atoms with Gasteiger partial charge in [-0.1, -0.05) is 12.1 Å². The molecule has 4 rings (SSSR count). The van der Waals surface area contributed by atoms with Gasteiger partial charge < -0.3 is 25.0 Å². The van der Waals surface area contributed by atoms with E-state index in [1.807, 2.05) is 0 Å². The first-order valence-corrected chi connectivity index (χ1v) is 10.9. The van der Waals surface area contributed by atoms with Crippen LogP contribution in [0.15, 0.2) is 42.5 Å². The van der Waals surface area contributed by atoms with E-state index in [4.69, 9.17) is 9.47 Å². The van der Waals surface area contributed by atoms with E-state index in [9.17, 15) is 14.4 Å². The summed E-state index contributed by atoms with van der Waals surface area (Å²) >= 11 is 0. The van der Waals surface area contributed by atoms with Gasteiger partial charge in [0.25, 0.3) is 0 Å². The number of ether oxygens (including phenoxy) is 2. The molecule has 0 unspecified atom stereocenters. The van der Waals surface area contributed by atoms with E-state index >= 15 is 0 Å². The minimum Gasteiger partial charge on any atom is -0.493 e. The Morgan fingerprint density at radius 3 is 2.66 bits per heavy atom. The molecule has 2 aliphatic rings. The van der Waals surface area contributed by atoms with Gasteiger partial charge in [0.15, 0.2) is 11.5 Å². The number of benzene rings is 2. The lowest BCUT2D eigenvalue weighted by Gasteiger charge is -2.29. The van der Waals surface area contributed by atoms with E-state index in [0.717, 1.165) is 25.7 Å². The monoisotopic (exact) mass is 437 g/mol. The molecule has 0 saturated heterocycles. The lowest BCUT2D eigenvalue weighted by atomic mass is 10.1. The van der Waals surface area contributed by atoms with Gasteiger partial charge in [-0.05, 0) is 49.9 Å². The minimum absolute atomic E-state index is 0.00393. The molecule has 2 aromatic rings. The molecule has 168 valence electrons. The lowest BCUT2D eigenvalue weighted by molar-refractivity contribution is -0.124. The maximum atomic E-state index is 12.7. The van der Waals surface area contributed by atoms with Crippen LogP contribution in [0.25, 0.3) is 0 Å². The molecule has 1 saturated carbocycles. The molecule has 2 N–H and O–H groups in total. The van der Waals surface area contributed by atoms with Gasteiger partial charge >= 0.3 is 0 Å². The van der Waals surface area contributed by atoms with E-state index < -0.39 is 0 Å². The molecule has 1 fully saturated rings. The van der Waals surface area contributed by atoms with E-state index in [2.05, 4.69) is 10.6 Å². The Bertz CT molecular complexity index is 1020. The van der Waals surface area contributed by atoms with E-state index in [1.165, 1.54) is 4.90 Å². The maximum Gasteiger partial charge on any atom is 0.244 e. The van der Waals surface area contributed by atoms with Crippen molar-refractivity contribution < 1.29 is 23.9 Å². The highest BCUT2D eigenvalue weighted by atomic mass is 16.5. The molecule has 0 atom stereocenters. The number of hydrogen-bond donors (Lipinski definition) is 2. The van der Waals surface area contributed by atoms with Crippen LogP contribution in [0.4, 0.5) is 17.1 Å². The van der Waals surface area contributed by atoms with Crippen LogP contribution in [-0.4, -0.2) is 37.5 Å².